The fourth-order valence-corrected chi connectivity index (χ4v) is 2.60. The Morgan fingerprint density at radius 3 is 2.65 bits per heavy atom. The molecule has 0 aliphatic carbocycles. The van der Waals surface area contributed by atoms with E-state index in [0.29, 0.717) is 0 Å². The Balaban J connectivity index is 2.46. The van der Waals surface area contributed by atoms with Gasteiger partial charge in [-0.1, -0.05) is 42.3 Å². The highest BCUT2D eigenvalue weighted by Gasteiger charge is 2.15. The molecule has 0 fully saturated rings. The van der Waals surface area contributed by atoms with Crippen LogP contribution in [0.2, 0.25) is 0 Å². The van der Waals surface area contributed by atoms with E-state index in [2.05, 4.69) is 59.5 Å². The molecule has 0 saturated carbocycles. The molecule has 0 spiro atoms. The summed E-state index contributed by atoms with van der Waals surface area (Å²) in [5.74, 6) is 1.86. The third-order valence-electron chi connectivity index (χ3n) is 3.57. The van der Waals surface area contributed by atoms with Gasteiger partial charge in [0.2, 0.25) is 0 Å². The summed E-state index contributed by atoms with van der Waals surface area (Å²) < 4.78 is 3.27. The molecule has 1 aromatic carbocycles. The van der Waals surface area contributed by atoms with E-state index < -0.39 is 0 Å². The molecule has 1 heterocycles. The van der Waals surface area contributed by atoms with E-state index in [1.165, 1.54) is 5.56 Å². The molecular weight excluding hydrogens is 314 g/mol. The first kappa shape index (κ1) is 15.1. The van der Waals surface area contributed by atoms with Gasteiger partial charge >= 0.3 is 0 Å². The Morgan fingerprint density at radius 1 is 1.30 bits per heavy atom. The topological polar surface area (TPSA) is 43.8 Å². The zero-order valence-electron chi connectivity index (χ0n) is 12.4. The number of halogens is 1. The number of imidazole rings is 1. The Bertz CT molecular complexity index is 602. The lowest BCUT2D eigenvalue weighted by molar-refractivity contribution is 0.612. The summed E-state index contributed by atoms with van der Waals surface area (Å²) >= 11 is 3.53. The molecule has 0 aliphatic heterocycles. The molecule has 0 bridgehead atoms. The van der Waals surface area contributed by atoms with Gasteiger partial charge < -0.3 is 10.3 Å². The third kappa shape index (κ3) is 2.90. The van der Waals surface area contributed by atoms with Crippen molar-refractivity contribution in [3.8, 4) is 11.3 Å². The molecule has 1 aromatic heterocycles. The number of nitrogens with zero attached hydrogens (tertiary/aromatic N) is 2. The summed E-state index contributed by atoms with van der Waals surface area (Å²) in [6.45, 7) is 7.35. The third-order valence-corrected chi connectivity index (χ3v) is 4.46. The minimum Gasteiger partial charge on any atom is -0.383 e. The standard InChI is InChI=1S/C16H22BrN3/c1-4-6-9-20-14(5-2)19-15(16(20)18)12-7-8-13(17)11(3)10-12/h7-8,10H,4-6,9,18H2,1-3H3. The van der Waals surface area contributed by atoms with Gasteiger partial charge in [-0.3, -0.25) is 0 Å². The van der Waals surface area contributed by atoms with E-state index in [1.807, 2.05) is 0 Å². The average Bonchev–Trinajstić information content (AvgIpc) is 2.76. The molecule has 108 valence electrons. The summed E-state index contributed by atoms with van der Waals surface area (Å²) in [4.78, 5) is 4.74. The minimum atomic E-state index is 0.789. The van der Waals surface area contributed by atoms with Crippen LogP contribution in [-0.2, 0) is 13.0 Å². The molecule has 2 rings (SSSR count). The maximum Gasteiger partial charge on any atom is 0.131 e. The lowest BCUT2D eigenvalue weighted by Crippen LogP contribution is -2.06. The first-order valence-electron chi connectivity index (χ1n) is 7.19. The number of aryl methyl sites for hydroxylation is 2. The van der Waals surface area contributed by atoms with Crippen LogP contribution in [0.3, 0.4) is 0 Å². The highest BCUT2D eigenvalue weighted by Crippen LogP contribution is 2.29. The number of nitrogens with two attached hydrogens (primary N) is 1. The van der Waals surface area contributed by atoms with Crippen LogP contribution in [0, 0.1) is 6.92 Å². The lowest BCUT2D eigenvalue weighted by Gasteiger charge is -2.08. The van der Waals surface area contributed by atoms with Crippen molar-refractivity contribution < 1.29 is 0 Å². The molecule has 0 atom stereocenters. The van der Waals surface area contributed by atoms with Gasteiger partial charge in [0.25, 0.3) is 0 Å². The molecule has 0 radical (unpaired) electrons. The van der Waals surface area contributed by atoms with E-state index in [1.54, 1.807) is 0 Å². The van der Waals surface area contributed by atoms with Crippen molar-refractivity contribution in [1.29, 1.82) is 0 Å². The van der Waals surface area contributed by atoms with E-state index >= 15 is 0 Å². The number of anilines is 1. The fourth-order valence-electron chi connectivity index (χ4n) is 2.35. The number of hydrogen-bond acceptors (Lipinski definition) is 2. The van der Waals surface area contributed by atoms with Crippen molar-refractivity contribution in [2.75, 3.05) is 5.73 Å². The molecule has 3 nitrogen and oxygen atoms in total. The van der Waals surface area contributed by atoms with Gasteiger partial charge in [-0.2, -0.15) is 0 Å². The van der Waals surface area contributed by atoms with Gasteiger partial charge in [-0.15, -0.1) is 0 Å². The van der Waals surface area contributed by atoms with Crippen molar-refractivity contribution in [2.45, 2.75) is 46.6 Å². The zero-order chi connectivity index (χ0) is 14.7. The molecule has 2 aromatic rings. The van der Waals surface area contributed by atoms with Crippen molar-refractivity contribution in [3.63, 3.8) is 0 Å². The molecular formula is C16H22BrN3. The Hall–Kier alpha value is -1.29. The molecule has 0 unspecified atom stereocenters. The second kappa shape index (κ2) is 6.44. The summed E-state index contributed by atoms with van der Waals surface area (Å²) in [5, 5.41) is 0. The summed E-state index contributed by atoms with van der Waals surface area (Å²) in [5.41, 5.74) is 9.53. The highest BCUT2D eigenvalue weighted by atomic mass is 79.9. The van der Waals surface area contributed by atoms with Gasteiger partial charge in [0.15, 0.2) is 0 Å². The number of rotatable bonds is 5. The minimum absolute atomic E-state index is 0.789. The van der Waals surface area contributed by atoms with Gasteiger partial charge in [-0.05, 0) is 31.0 Å². The molecule has 0 aliphatic rings. The van der Waals surface area contributed by atoms with Crippen LogP contribution in [0.25, 0.3) is 11.3 Å². The van der Waals surface area contributed by atoms with Crippen LogP contribution in [0.15, 0.2) is 22.7 Å². The zero-order valence-corrected chi connectivity index (χ0v) is 14.0. The van der Waals surface area contributed by atoms with E-state index in [9.17, 15) is 0 Å². The Labute approximate surface area is 129 Å². The van der Waals surface area contributed by atoms with E-state index in [4.69, 9.17) is 10.7 Å². The smallest absolute Gasteiger partial charge is 0.131 e. The molecule has 0 saturated heterocycles. The molecule has 0 amide bonds. The lowest BCUT2D eigenvalue weighted by atomic mass is 10.1. The first-order valence-corrected chi connectivity index (χ1v) is 7.99. The van der Waals surface area contributed by atoms with Crippen molar-refractivity contribution in [1.82, 2.24) is 9.55 Å². The Kier molecular flexibility index (Phi) is 4.86. The van der Waals surface area contributed by atoms with E-state index in [-0.39, 0.29) is 0 Å². The normalized spacial score (nSPS) is 11.0. The molecule has 20 heavy (non-hydrogen) atoms. The second-order valence-electron chi connectivity index (χ2n) is 5.08. The van der Waals surface area contributed by atoms with Crippen molar-refractivity contribution >= 4 is 21.7 Å². The van der Waals surface area contributed by atoms with Gasteiger partial charge in [-0.25, -0.2) is 4.98 Å². The summed E-state index contributed by atoms with van der Waals surface area (Å²) in [6, 6.07) is 6.26. The van der Waals surface area contributed by atoms with E-state index in [0.717, 1.165) is 53.2 Å². The van der Waals surface area contributed by atoms with Crippen molar-refractivity contribution in [3.05, 3.63) is 34.1 Å². The van der Waals surface area contributed by atoms with Gasteiger partial charge in [0.1, 0.15) is 17.3 Å². The number of unbranched alkanes of at least 4 members (excludes halogenated alkanes) is 1. The summed E-state index contributed by atoms with van der Waals surface area (Å²) in [7, 11) is 0. The number of aromatic nitrogens is 2. The second-order valence-corrected chi connectivity index (χ2v) is 5.94. The van der Waals surface area contributed by atoms with Crippen molar-refractivity contribution in [2.24, 2.45) is 0 Å². The first-order chi connectivity index (χ1) is 9.58. The van der Waals surface area contributed by atoms with Gasteiger partial charge in [0, 0.05) is 23.0 Å². The van der Waals surface area contributed by atoms with Crippen LogP contribution >= 0.6 is 15.9 Å². The van der Waals surface area contributed by atoms with Crippen LogP contribution < -0.4 is 5.73 Å². The maximum atomic E-state index is 6.33. The maximum absolute atomic E-state index is 6.33. The molecule has 2 N–H and O–H groups in total. The molecule has 4 heteroatoms. The quantitative estimate of drug-likeness (QED) is 0.869. The largest absolute Gasteiger partial charge is 0.383 e. The van der Waals surface area contributed by atoms with Crippen LogP contribution in [0.1, 0.15) is 38.1 Å². The fraction of sp³-hybridized carbons (Fsp3) is 0.438. The number of hydrogen-bond donors (Lipinski definition) is 1. The van der Waals surface area contributed by atoms with Crippen LogP contribution in [0.4, 0.5) is 5.82 Å². The van der Waals surface area contributed by atoms with Crippen LogP contribution in [-0.4, -0.2) is 9.55 Å². The monoisotopic (exact) mass is 335 g/mol. The Morgan fingerprint density at radius 2 is 2.05 bits per heavy atom. The van der Waals surface area contributed by atoms with Gasteiger partial charge in [0.05, 0.1) is 0 Å². The highest BCUT2D eigenvalue weighted by molar-refractivity contribution is 9.10. The van der Waals surface area contributed by atoms with Crippen LogP contribution in [0.5, 0.6) is 0 Å². The predicted molar refractivity (Wildman–Crippen MR) is 88.8 cm³/mol. The predicted octanol–water partition coefficient (Wildman–Crippen LogP) is 4.57. The number of nitrogen functional groups attached to an aromatic ring is 1. The average molecular weight is 336 g/mol. The SMILES string of the molecule is CCCCn1c(CC)nc(-c2ccc(Br)c(C)c2)c1N. The number of benzene rings is 1. The summed E-state index contributed by atoms with van der Waals surface area (Å²) in [6.07, 6.45) is 3.20.